The van der Waals surface area contributed by atoms with E-state index in [1.165, 1.54) is 0 Å². The normalized spacial score (nSPS) is 20.0. The highest BCUT2D eigenvalue weighted by Crippen LogP contribution is 2.26. The maximum atomic E-state index is 12.4. The van der Waals surface area contributed by atoms with Gasteiger partial charge in [-0.15, -0.1) is 0 Å². The van der Waals surface area contributed by atoms with E-state index in [1.807, 2.05) is 25.2 Å². The lowest BCUT2D eigenvalue weighted by Crippen LogP contribution is -2.39. The molecule has 3 rings (SSSR count). The average molecular weight is 417 g/mol. The molecule has 1 aromatic carbocycles. The number of hydrogen-bond acceptors (Lipinski definition) is 4. The Hall–Kier alpha value is -2.12. The molecule has 1 saturated heterocycles. The minimum absolute atomic E-state index is 0.157. The third-order valence-corrected chi connectivity index (χ3v) is 5.95. The lowest BCUT2D eigenvalue weighted by atomic mass is 10.1. The predicted molar refractivity (Wildman–Crippen MR) is 120 cm³/mol. The van der Waals surface area contributed by atoms with E-state index in [9.17, 15) is 4.79 Å². The zero-order valence-corrected chi connectivity index (χ0v) is 18.4. The first-order chi connectivity index (χ1) is 14.7. The van der Waals surface area contributed by atoms with Crippen molar-refractivity contribution in [1.29, 1.82) is 0 Å². The van der Waals surface area contributed by atoms with Gasteiger partial charge < -0.3 is 25.0 Å². The fraction of sp³-hybridized carbons (Fsp3) is 0.652. The predicted octanol–water partition coefficient (Wildman–Crippen LogP) is 2.88. The van der Waals surface area contributed by atoms with Crippen molar-refractivity contribution in [3.63, 3.8) is 0 Å². The average Bonchev–Trinajstić information content (AvgIpc) is 3.45. The van der Waals surface area contributed by atoms with Crippen LogP contribution in [0.5, 0.6) is 0 Å². The van der Waals surface area contributed by atoms with Gasteiger partial charge in [-0.05, 0) is 37.0 Å². The van der Waals surface area contributed by atoms with Crippen molar-refractivity contribution < 1.29 is 14.3 Å². The van der Waals surface area contributed by atoms with Crippen molar-refractivity contribution in [2.75, 3.05) is 52.4 Å². The minimum atomic E-state index is 0.157. The summed E-state index contributed by atoms with van der Waals surface area (Å²) in [7, 11) is 3.51. The van der Waals surface area contributed by atoms with Crippen LogP contribution in [-0.2, 0) is 20.8 Å². The molecular weight excluding hydrogens is 380 g/mol. The van der Waals surface area contributed by atoms with E-state index in [4.69, 9.17) is 9.47 Å². The summed E-state index contributed by atoms with van der Waals surface area (Å²) in [4.78, 5) is 19.1. The number of anilines is 1. The molecule has 1 amide bonds. The second-order valence-electron chi connectivity index (χ2n) is 8.24. The van der Waals surface area contributed by atoms with E-state index in [1.54, 1.807) is 7.11 Å². The summed E-state index contributed by atoms with van der Waals surface area (Å²) in [5, 5.41) is 6.55. The first-order valence-corrected chi connectivity index (χ1v) is 11.1. The van der Waals surface area contributed by atoms with Gasteiger partial charge >= 0.3 is 0 Å². The maximum Gasteiger partial charge on any atom is 0.227 e. The van der Waals surface area contributed by atoms with Crippen molar-refractivity contribution >= 4 is 17.6 Å². The molecule has 30 heavy (non-hydrogen) atoms. The van der Waals surface area contributed by atoms with E-state index in [2.05, 4.69) is 26.6 Å². The second kappa shape index (κ2) is 11.9. The zero-order valence-electron chi connectivity index (χ0n) is 18.4. The van der Waals surface area contributed by atoms with Crippen molar-refractivity contribution in [3.05, 3.63) is 29.8 Å². The largest absolute Gasteiger partial charge is 0.382 e. The first-order valence-electron chi connectivity index (χ1n) is 11.1. The zero-order chi connectivity index (χ0) is 21.2. The van der Waals surface area contributed by atoms with E-state index in [-0.39, 0.29) is 11.8 Å². The molecule has 7 heteroatoms. The summed E-state index contributed by atoms with van der Waals surface area (Å²) in [6.45, 7) is 4.65. The number of rotatable bonds is 9. The molecule has 2 N–H and O–H groups in total. The molecule has 1 heterocycles. The molecule has 1 saturated carbocycles. The Kier molecular flexibility index (Phi) is 8.96. The SMILES string of the molecule is CN=C(NCc1cccc(NC(=O)C2CCCC2)c1)N1CCC(COCCOC)C1. The molecule has 0 radical (unpaired) electrons. The van der Waals surface area contributed by atoms with Crippen molar-refractivity contribution in [1.82, 2.24) is 10.2 Å². The van der Waals surface area contributed by atoms with Crippen LogP contribution in [-0.4, -0.2) is 63.8 Å². The number of benzene rings is 1. The van der Waals surface area contributed by atoms with Gasteiger partial charge in [-0.3, -0.25) is 9.79 Å². The Balaban J connectivity index is 1.45. The van der Waals surface area contributed by atoms with Gasteiger partial charge in [-0.2, -0.15) is 0 Å². The smallest absolute Gasteiger partial charge is 0.227 e. The van der Waals surface area contributed by atoms with Gasteiger partial charge in [0.25, 0.3) is 0 Å². The molecule has 0 spiro atoms. The number of guanidine groups is 1. The Morgan fingerprint density at radius 1 is 1.23 bits per heavy atom. The third kappa shape index (κ3) is 6.71. The van der Waals surface area contributed by atoms with Crippen LogP contribution in [0.3, 0.4) is 0 Å². The summed E-state index contributed by atoms with van der Waals surface area (Å²) >= 11 is 0. The molecule has 1 aromatic rings. The Morgan fingerprint density at radius 2 is 2.07 bits per heavy atom. The number of carbonyl (C=O) groups is 1. The fourth-order valence-corrected chi connectivity index (χ4v) is 4.26. The quantitative estimate of drug-likeness (QED) is 0.368. The lowest BCUT2D eigenvalue weighted by Gasteiger charge is -2.22. The fourth-order valence-electron chi connectivity index (χ4n) is 4.26. The van der Waals surface area contributed by atoms with Crippen LogP contribution in [0.15, 0.2) is 29.3 Å². The molecule has 1 aliphatic heterocycles. The van der Waals surface area contributed by atoms with Crippen molar-refractivity contribution in [2.45, 2.75) is 38.6 Å². The Labute approximate surface area is 180 Å². The van der Waals surface area contributed by atoms with Crippen LogP contribution in [0.4, 0.5) is 5.69 Å². The van der Waals surface area contributed by atoms with Gasteiger partial charge in [0.2, 0.25) is 5.91 Å². The van der Waals surface area contributed by atoms with Gasteiger partial charge in [0, 0.05) is 51.3 Å². The third-order valence-electron chi connectivity index (χ3n) is 5.95. The molecule has 1 aliphatic carbocycles. The summed E-state index contributed by atoms with van der Waals surface area (Å²) in [5.74, 6) is 1.76. The van der Waals surface area contributed by atoms with Gasteiger partial charge in [0.15, 0.2) is 5.96 Å². The molecule has 1 unspecified atom stereocenters. The topological polar surface area (TPSA) is 75.2 Å². The van der Waals surface area contributed by atoms with E-state index < -0.39 is 0 Å². The Morgan fingerprint density at radius 3 is 2.83 bits per heavy atom. The molecular formula is C23H36N4O3. The van der Waals surface area contributed by atoms with Crippen molar-refractivity contribution in [2.24, 2.45) is 16.8 Å². The maximum absolute atomic E-state index is 12.4. The summed E-state index contributed by atoms with van der Waals surface area (Å²) in [6, 6.07) is 8.07. The molecule has 1 atom stereocenters. The monoisotopic (exact) mass is 416 g/mol. The number of nitrogens with zero attached hydrogens (tertiary/aromatic N) is 2. The van der Waals surface area contributed by atoms with Crippen LogP contribution in [0.2, 0.25) is 0 Å². The molecule has 7 nitrogen and oxygen atoms in total. The first kappa shape index (κ1) is 22.6. The minimum Gasteiger partial charge on any atom is -0.382 e. The summed E-state index contributed by atoms with van der Waals surface area (Å²) < 4.78 is 10.7. The standard InChI is InChI=1S/C23H36N4O3/c1-24-23(27-11-10-19(16-27)17-30-13-12-29-2)25-15-18-6-5-9-21(14-18)26-22(28)20-7-3-4-8-20/h5-6,9,14,19-20H,3-4,7-8,10-13,15-17H2,1-2H3,(H,24,25)(H,26,28). The highest BCUT2D eigenvalue weighted by molar-refractivity contribution is 5.92. The number of carbonyl (C=O) groups excluding carboxylic acids is 1. The van der Waals surface area contributed by atoms with Gasteiger partial charge in [-0.25, -0.2) is 0 Å². The number of nitrogens with one attached hydrogen (secondary N) is 2. The summed E-state index contributed by atoms with van der Waals surface area (Å²) in [6.07, 6.45) is 5.46. The molecule has 0 bridgehead atoms. The van der Waals surface area contributed by atoms with Crippen molar-refractivity contribution in [3.8, 4) is 0 Å². The van der Waals surface area contributed by atoms with E-state index in [0.717, 1.165) is 69.0 Å². The number of likely N-dealkylation sites (tertiary alicyclic amines) is 1. The number of hydrogen-bond donors (Lipinski definition) is 2. The van der Waals surface area contributed by atoms with Crippen LogP contribution < -0.4 is 10.6 Å². The van der Waals surface area contributed by atoms with Crippen LogP contribution in [0.1, 0.15) is 37.7 Å². The van der Waals surface area contributed by atoms with Crippen LogP contribution >= 0.6 is 0 Å². The van der Waals surface area contributed by atoms with Gasteiger partial charge in [-0.1, -0.05) is 25.0 Å². The van der Waals surface area contributed by atoms with Gasteiger partial charge in [0.1, 0.15) is 0 Å². The number of aliphatic imine (C=N–C) groups is 1. The van der Waals surface area contributed by atoms with Crippen LogP contribution in [0, 0.1) is 11.8 Å². The molecule has 2 fully saturated rings. The summed E-state index contributed by atoms with van der Waals surface area (Å²) in [5.41, 5.74) is 2.00. The lowest BCUT2D eigenvalue weighted by molar-refractivity contribution is -0.119. The van der Waals surface area contributed by atoms with E-state index in [0.29, 0.717) is 25.7 Å². The molecule has 2 aliphatic rings. The second-order valence-corrected chi connectivity index (χ2v) is 8.24. The van der Waals surface area contributed by atoms with E-state index >= 15 is 0 Å². The highest BCUT2D eigenvalue weighted by atomic mass is 16.5. The van der Waals surface area contributed by atoms with Gasteiger partial charge in [0.05, 0.1) is 19.8 Å². The number of methoxy groups -OCH3 is 1. The highest BCUT2D eigenvalue weighted by Gasteiger charge is 2.25. The number of amides is 1. The molecule has 166 valence electrons. The number of ether oxygens (including phenoxy) is 2. The Bertz CT molecular complexity index is 703. The molecule has 0 aromatic heterocycles. The van der Waals surface area contributed by atoms with Crippen LogP contribution in [0.25, 0.3) is 0 Å².